The zero-order chi connectivity index (χ0) is 11.8. The first-order valence-electron chi connectivity index (χ1n) is 5.07. The van der Waals surface area contributed by atoms with Gasteiger partial charge in [0.05, 0.1) is 15.8 Å². The van der Waals surface area contributed by atoms with Gasteiger partial charge in [0, 0.05) is 24.1 Å². The number of nitrogens with one attached hydrogen (secondary N) is 1. The van der Waals surface area contributed by atoms with Crippen LogP contribution in [-0.2, 0) is 0 Å². The Morgan fingerprint density at radius 3 is 3.00 bits per heavy atom. The summed E-state index contributed by atoms with van der Waals surface area (Å²) in [6.45, 7) is 0. The van der Waals surface area contributed by atoms with Crippen LogP contribution in [0.25, 0.3) is 20.8 Å². The van der Waals surface area contributed by atoms with E-state index in [9.17, 15) is 4.79 Å². The van der Waals surface area contributed by atoms with Gasteiger partial charge in [0.1, 0.15) is 5.01 Å². The van der Waals surface area contributed by atoms with Crippen LogP contribution >= 0.6 is 11.3 Å². The second-order valence-corrected chi connectivity index (χ2v) is 4.70. The Bertz CT molecular complexity index is 745. The van der Waals surface area contributed by atoms with Gasteiger partial charge < -0.3 is 10.7 Å². The number of thiazole rings is 1. The van der Waals surface area contributed by atoms with Crippen molar-refractivity contribution in [3.05, 3.63) is 46.9 Å². The Morgan fingerprint density at radius 1 is 1.29 bits per heavy atom. The lowest BCUT2D eigenvalue weighted by atomic mass is 10.3. The SMILES string of the molecule is Nc1ccc2nc(-c3c[nH]ccc3=O)sc2c1. The molecule has 0 saturated carbocycles. The molecule has 3 aromatic rings. The highest BCUT2D eigenvalue weighted by molar-refractivity contribution is 7.21. The zero-order valence-electron chi connectivity index (χ0n) is 8.81. The minimum atomic E-state index is -0.0317. The second kappa shape index (κ2) is 3.71. The molecule has 84 valence electrons. The van der Waals surface area contributed by atoms with Gasteiger partial charge in [-0.25, -0.2) is 4.98 Å². The fourth-order valence-electron chi connectivity index (χ4n) is 1.64. The van der Waals surface area contributed by atoms with Crippen molar-refractivity contribution in [1.29, 1.82) is 0 Å². The zero-order valence-corrected chi connectivity index (χ0v) is 9.62. The molecule has 0 unspecified atom stereocenters. The molecule has 3 N–H and O–H groups in total. The quantitative estimate of drug-likeness (QED) is 0.644. The number of benzene rings is 1. The number of aromatic amines is 1. The largest absolute Gasteiger partial charge is 0.399 e. The van der Waals surface area contributed by atoms with Gasteiger partial charge in [-0.1, -0.05) is 0 Å². The summed E-state index contributed by atoms with van der Waals surface area (Å²) < 4.78 is 0.989. The molecule has 1 aromatic carbocycles. The van der Waals surface area contributed by atoms with E-state index in [1.54, 1.807) is 18.5 Å². The average Bonchev–Trinajstić information content (AvgIpc) is 2.72. The summed E-state index contributed by atoms with van der Waals surface area (Å²) in [4.78, 5) is 19.0. The molecule has 2 heterocycles. The highest BCUT2D eigenvalue weighted by atomic mass is 32.1. The Kier molecular flexibility index (Phi) is 2.19. The van der Waals surface area contributed by atoms with E-state index in [2.05, 4.69) is 9.97 Å². The van der Waals surface area contributed by atoms with E-state index in [1.807, 2.05) is 12.1 Å². The molecule has 0 radical (unpaired) electrons. The third-order valence-corrected chi connectivity index (χ3v) is 3.52. The van der Waals surface area contributed by atoms with Gasteiger partial charge in [-0.3, -0.25) is 4.79 Å². The topological polar surface area (TPSA) is 71.8 Å². The number of pyridine rings is 1. The van der Waals surface area contributed by atoms with E-state index in [-0.39, 0.29) is 5.43 Å². The molecular formula is C12H9N3OS. The molecule has 0 saturated heterocycles. The summed E-state index contributed by atoms with van der Waals surface area (Å²) in [5.41, 5.74) is 7.84. The minimum absolute atomic E-state index is 0.0317. The van der Waals surface area contributed by atoms with E-state index in [1.165, 1.54) is 17.4 Å². The normalized spacial score (nSPS) is 10.8. The predicted molar refractivity (Wildman–Crippen MR) is 70.1 cm³/mol. The van der Waals surface area contributed by atoms with Crippen LogP contribution in [0.1, 0.15) is 0 Å². The lowest BCUT2D eigenvalue weighted by molar-refractivity contribution is 1.30. The van der Waals surface area contributed by atoms with Gasteiger partial charge in [-0.15, -0.1) is 11.3 Å². The Hall–Kier alpha value is -2.14. The molecule has 0 aliphatic rings. The summed E-state index contributed by atoms with van der Waals surface area (Å²) >= 11 is 1.47. The van der Waals surface area contributed by atoms with Crippen molar-refractivity contribution in [2.24, 2.45) is 0 Å². The van der Waals surface area contributed by atoms with Crippen LogP contribution in [0.2, 0.25) is 0 Å². The van der Waals surface area contributed by atoms with Gasteiger partial charge >= 0.3 is 0 Å². The van der Waals surface area contributed by atoms with Gasteiger partial charge in [-0.05, 0) is 18.2 Å². The number of rotatable bonds is 1. The van der Waals surface area contributed by atoms with Crippen LogP contribution in [0.3, 0.4) is 0 Å². The van der Waals surface area contributed by atoms with E-state index in [0.717, 1.165) is 10.2 Å². The van der Waals surface area contributed by atoms with Crippen molar-refractivity contribution >= 4 is 27.2 Å². The predicted octanol–water partition coefficient (Wildman–Crippen LogP) is 2.23. The molecule has 2 aromatic heterocycles. The van der Waals surface area contributed by atoms with Crippen LogP contribution in [0.5, 0.6) is 0 Å². The maximum atomic E-state index is 11.7. The van der Waals surface area contributed by atoms with Crippen molar-refractivity contribution in [2.45, 2.75) is 0 Å². The highest BCUT2D eigenvalue weighted by Crippen LogP contribution is 2.29. The van der Waals surface area contributed by atoms with Crippen molar-refractivity contribution < 1.29 is 0 Å². The van der Waals surface area contributed by atoms with Gasteiger partial charge in [0.15, 0.2) is 5.43 Å². The molecular weight excluding hydrogens is 234 g/mol. The first kappa shape index (κ1) is 10.0. The maximum Gasteiger partial charge on any atom is 0.191 e. The lowest BCUT2D eigenvalue weighted by Crippen LogP contribution is -2.01. The number of nitrogen functional groups attached to an aromatic ring is 1. The fraction of sp³-hybridized carbons (Fsp3) is 0. The van der Waals surface area contributed by atoms with Crippen LogP contribution in [-0.4, -0.2) is 9.97 Å². The molecule has 3 rings (SSSR count). The van der Waals surface area contributed by atoms with Gasteiger partial charge in [-0.2, -0.15) is 0 Å². The molecule has 0 fully saturated rings. The Balaban J connectivity index is 2.25. The number of nitrogens with zero attached hydrogens (tertiary/aromatic N) is 1. The van der Waals surface area contributed by atoms with E-state index in [4.69, 9.17) is 5.73 Å². The summed E-state index contributed by atoms with van der Waals surface area (Å²) in [6.07, 6.45) is 3.28. The van der Waals surface area contributed by atoms with Crippen molar-refractivity contribution in [3.8, 4) is 10.6 Å². The molecule has 0 amide bonds. The van der Waals surface area contributed by atoms with Crippen LogP contribution in [0, 0.1) is 0 Å². The standard InChI is InChI=1S/C12H9N3OS/c13-7-1-2-9-11(5-7)17-12(15-9)8-6-14-4-3-10(8)16/h1-6H,13H2,(H,14,16). The van der Waals surface area contributed by atoms with Crippen LogP contribution in [0.4, 0.5) is 5.69 Å². The molecule has 0 spiro atoms. The number of hydrogen-bond acceptors (Lipinski definition) is 4. The first-order valence-corrected chi connectivity index (χ1v) is 5.89. The lowest BCUT2D eigenvalue weighted by Gasteiger charge is -1.91. The number of fused-ring (bicyclic) bond motifs is 1. The summed E-state index contributed by atoms with van der Waals surface area (Å²) in [5, 5.41) is 0.715. The number of H-pyrrole nitrogens is 1. The first-order chi connectivity index (χ1) is 8.24. The number of anilines is 1. The van der Waals surface area contributed by atoms with E-state index < -0.39 is 0 Å². The number of nitrogens with two attached hydrogens (primary N) is 1. The fourth-order valence-corrected chi connectivity index (χ4v) is 2.67. The molecule has 0 bridgehead atoms. The molecule has 17 heavy (non-hydrogen) atoms. The summed E-state index contributed by atoms with van der Waals surface area (Å²) in [6, 6.07) is 7.03. The van der Waals surface area contributed by atoms with E-state index >= 15 is 0 Å². The van der Waals surface area contributed by atoms with Gasteiger partial charge in [0.2, 0.25) is 0 Å². The third-order valence-electron chi connectivity index (χ3n) is 2.47. The average molecular weight is 243 g/mol. The highest BCUT2D eigenvalue weighted by Gasteiger charge is 2.08. The molecule has 0 atom stereocenters. The Labute approximate surface area is 101 Å². The van der Waals surface area contributed by atoms with Crippen molar-refractivity contribution in [3.63, 3.8) is 0 Å². The number of aromatic nitrogens is 2. The minimum Gasteiger partial charge on any atom is -0.399 e. The molecule has 5 heteroatoms. The summed E-state index contributed by atoms with van der Waals surface area (Å²) in [5.74, 6) is 0. The molecule has 0 aliphatic heterocycles. The maximum absolute atomic E-state index is 11.7. The second-order valence-electron chi connectivity index (χ2n) is 3.67. The van der Waals surface area contributed by atoms with Crippen molar-refractivity contribution in [2.75, 3.05) is 5.73 Å². The third kappa shape index (κ3) is 1.70. The molecule has 4 nitrogen and oxygen atoms in total. The van der Waals surface area contributed by atoms with Crippen molar-refractivity contribution in [1.82, 2.24) is 9.97 Å². The molecule has 0 aliphatic carbocycles. The van der Waals surface area contributed by atoms with Crippen LogP contribution in [0.15, 0.2) is 41.5 Å². The van der Waals surface area contributed by atoms with Crippen LogP contribution < -0.4 is 11.2 Å². The van der Waals surface area contributed by atoms with Gasteiger partial charge in [0.25, 0.3) is 0 Å². The summed E-state index contributed by atoms with van der Waals surface area (Å²) in [7, 11) is 0. The number of hydrogen-bond donors (Lipinski definition) is 2. The monoisotopic (exact) mass is 243 g/mol. The Morgan fingerprint density at radius 2 is 2.18 bits per heavy atom. The smallest absolute Gasteiger partial charge is 0.191 e. The van der Waals surface area contributed by atoms with E-state index in [0.29, 0.717) is 16.3 Å².